The Balaban J connectivity index is 2.15. The predicted molar refractivity (Wildman–Crippen MR) is 86.6 cm³/mol. The van der Waals surface area contributed by atoms with Gasteiger partial charge in [-0.15, -0.1) is 0 Å². The Labute approximate surface area is 131 Å². The molecule has 116 valence electrons. The molecule has 1 amide bonds. The molecule has 0 aliphatic carbocycles. The van der Waals surface area contributed by atoms with Crippen molar-refractivity contribution >= 4 is 5.91 Å². The Hall–Kier alpha value is -2.20. The number of carbonyl (C=O) groups excluding carboxylic acids is 1. The van der Waals surface area contributed by atoms with Gasteiger partial charge in [0.25, 0.3) is 5.91 Å². The molecular formula is C18H22N2O2. The zero-order valence-corrected chi connectivity index (χ0v) is 13.1. The molecule has 0 bridgehead atoms. The summed E-state index contributed by atoms with van der Waals surface area (Å²) in [6, 6.07) is 13.5. The quantitative estimate of drug-likeness (QED) is 0.892. The normalized spacial score (nSPS) is 10.7. The Kier molecular flexibility index (Phi) is 5.67. The van der Waals surface area contributed by atoms with E-state index in [0.29, 0.717) is 24.6 Å². The van der Waals surface area contributed by atoms with Crippen LogP contribution in [0.2, 0.25) is 0 Å². The van der Waals surface area contributed by atoms with Crippen LogP contribution in [0.5, 0.6) is 0 Å². The van der Waals surface area contributed by atoms with Crippen molar-refractivity contribution in [3.63, 3.8) is 0 Å². The van der Waals surface area contributed by atoms with Crippen molar-refractivity contribution in [2.75, 3.05) is 13.2 Å². The lowest BCUT2D eigenvalue weighted by molar-refractivity contribution is 0.0707. The minimum atomic E-state index is -0.110. The van der Waals surface area contributed by atoms with Crippen LogP contribution in [0, 0.1) is 0 Å². The number of aromatic nitrogens is 1. The first-order valence-corrected chi connectivity index (χ1v) is 7.52. The Morgan fingerprint density at radius 1 is 1.18 bits per heavy atom. The highest BCUT2D eigenvalue weighted by atomic mass is 16.3. The van der Waals surface area contributed by atoms with Crippen LogP contribution in [0.4, 0.5) is 0 Å². The van der Waals surface area contributed by atoms with E-state index in [1.54, 1.807) is 17.2 Å². The van der Waals surface area contributed by atoms with Gasteiger partial charge >= 0.3 is 0 Å². The van der Waals surface area contributed by atoms with Gasteiger partial charge in [-0.1, -0.05) is 44.2 Å². The average molecular weight is 298 g/mol. The van der Waals surface area contributed by atoms with E-state index >= 15 is 0 Å². The summed E-state index contributed by atoms with van der Waals surface area (Å²) in [5, 5.41) is 9.22. The molecule has 0 saturated carbocycles. The van der Waals surface area contributed by atoms with E-state index in [0.717, 1.165) is 11.3 Å². The molecule has 4 heteroatoms. The summed E-state index contributed by atoms with van der Waals surface area (Å²) in [4.78, 5) is 18.6. The first-order chi connectivity index (χ1) is 10.6. The summed E-state index contributed by atoms with van der Waals surface area (Å²) in [6.45, 7) is 4.86. The van der Waals surface area contributed by atoms with Crippen molar-refractivity contribution in [3.05, 3.63) is 65.5 Å². The number of aliphatic hydroxyl groups is 1. The number of benzene rings is 1. The molecule has 4 nitrogen and oxygen atoms in total. The van der Waals surface area contributed by atoms with E-state index in [9.17, 15) is 9.90 Å². The summed E-state index contributed by atoms with van der Waals surface area (Å²) >= 11 is 0. The van der Waals surface area contributed by atoms with Gasteiger partial charge in [0.2, 0.25) is 0 Å². The van der Waals surface area contributed by atoms with Gasteiger partial charge in [0, 0.05) is 25.0 Å². The number of hydrogen-bond acceptors (Lipinski definition) is 3. The first kappa shape index (κ1) is 16.2. The summed E-state index contributed by atoms with van der Waals surface area (Å²) in [5.74, 6) is 0.225. The maximum absolute atomic E-state index is 12.6. The molecule has 22 heavy (non-hydrogen) atoms. The Morgan fingerprint density at radius 3 is 2.45 bits per heavy atom. The van der Waals surface area contributed by atoms with Gasteiger partial charge in [-0.2, -0.15) is 0 Å². The minimum absolute atomic E-state index is 0.0594. The lowest BCUT2D eigenvalue weighted by Crippen LogP contribution is -2.33. The van der Waals surface area contributed by atoms with Crippen molar-refractivity contribution in [1.29, 1.82) is 0 Å². The van der Waals surface area contributed by atoms with Crippen LogP contribution in [0.15, 0.2) is 48.7 Å². The molecule has 2 aromatic rings. The van der Waals surface area contributed by atoms with Crippen molar-refractivity contribution in [2.24, 2.45) is 0 Å². The largest absolute Gasteiger partial charge is 0.395 e. The topological polar surface area (TPSA) is 53.4 Å². The molecule has 1 aromatic heterocycles. The van der Waals surface area contributed by atoms with Crippen molar-refractivity contribution < 1.29 is 9.90 Å². The van der Waals surface area contributed by atoms with Gasteiger partial charge in [-0.05, 0) is 23.6 Å². The lowest BCUT2D eigenvalue weighted by Gasteiger charge is -2.22. The Bertz CT molecular complexity index is 594. The van der Waals surface area contributed by atoms with Gasteiger partial charge in [-0.3, -0.25) is 9.78 Å². The molecule has 0 fully saturated rings. The smallest absolute Gasteiger partial charge is 0.255 e. The molecule has 1 aromatic carbocycles. The number of aliphatic hydroxyl groups excluding tert-OH is 1. The first-order valence-electron chi connectivity index (χ1n) is 7.52. The lowest BCUT2D eigenvalue weighted by atomic mass is 10.1. The second kappa shape index (κ2) is 7.71. The molecule has 0 atom stereocenters. The number of carbonyl (C=O) groups is 1. The van der Waals surface area contributed by atoms with Gasteiger partial charge in [0.05, 0.1) is 12.2 Å². The second-order valence-corrected chi connectivity index (χ2v) is 5.56. The highest BCUT2D eigenvalue weighted by Gasteiger charge is 2.16. The third-order valence-electron chi connectivity index (χ3n) is 3.50. The molecule has 0 saturated heterocycles. The highest BCUT2D eigenvalue weighted by Crippen LogP contribution is 2.14. The van der Waals surface area contributed by atoms with Crippen molar-refractivity contribution in [3.8, 4) is 0 Å². The molecule has 2 rings (SSSR count). The molecule has 0 aliphatic rings. The van der Waals surface area contributed by atoms with E-state index in [2.05, 4.69) is 18.8 Å². The van der Waals surface area contributed by atoms with Gasteiger partial charge in [-0.25, -0.2) is 0 Å². The van der Waals surface area contributed by atoms with Crippen LogP contribution in [0.3, 0.4) is 0 Å². The fraction of sp³-hybridized carbons (Fsp3) is 0.333. The van der Waals surface area contributed by atoms with Gasteiger partial charge in [0.15, 0.2) is 0 Å². The molecular weight excluding hydrogens is 276 g/mol. The van der Waals surface area contributed by atoms with Crippen LogP contribution in [-0.2, 0) is 6.54 Å². The number of amides is 1. The average Bonchev–Trinajstić information content (AvgIpc) is 2.55. The summed E-state index contributed by atoms with van der Waals surface area (Å²) in [6.07, 6.45) is 1.62. The van der Waals surface area contributed by atoms with Crippen LogP contribution in [0.1, 0.15) is 41.4 Å². The molecule has 0 unspecified atom stereocenters. The Morgan fingerprint density at radius 2 is 1.91 bits per heavy atom. The minimum Gasteiger partial charge on any atom is -0.395 e. The molecule has 0 aliphatic heterocycles. The van der Waals surface area contributed by atoms with Crippen molar-refractivity contribution in [2.45, 2.75) is 26.3 Å². The van der Waals surface area contributed by atoms with E-state index in [4.69, 9.17) is 0 Å². The zero-order valence-electron chi connectivity index (χ0n) is 13.1. The van der Waals surface area contributed by atoms with Gasteiger partial charge in [0.1, 0.15) is 0 Å². The van der Waals surface area contributed by atoms with E-state index in [-0.39, 0.29) is 12.5 Å². The second-order valence-electron chi connectivity index (χ2n) is 5.56. The van der Waals surface area contributed by atoms with Gasteiger partial charge < -0.3 is 10.0 Å². The van der Waals surface area contributed by atoms with Crippen molar-refractivity contribution in [1.82, 2.24) is 9.88 Å². The van der Waals surface area contributed by atoms with Crippen LogP contribution in [0.25, 0.3) is 0 Å². The third-order valence-corrected chi connectivity index (χ3v) is 3.50. The summed E-state index contributed by atoms with van der Waals surface area (Å²) in [5.41, 5.74) is 2.55. The van der Waals surface area contributed by atoms with Crippen LogP contribution in [-0.4, -0.2) is 34.0 Å². The maximum Gasteiger partial charge on any atom is 0.255 e. The van der Waals surface area contributed by atoms with Crippen LogP contribution < -0.4 is 0 Å². The monoisotopic (exact) mass is 298 g/mol. The predicted octanol–water partition coefficient (Wildman–Crippen LogP) is 2.84. The number of hydrogen-bond donors (Lipinski definition) is 1. The summed E-state index contributed by atoms with van der Waals surface area (Å²) < 4.78 is 0. The summed E-state index contributed by atoms with van der Waals surface area (Å²) in [7, 11) is 0. The van der Waals surface area contributed by atoms with E-state index in [1.165, 1.54) is 0 Å². The SMILES string of the molecule is CC(C)c1ccc(C(=O)N(CCO)Cc2ccccc2)cn1. The zero-order chi connectivity index (χ0) is 15.9. The number of pyridine rings is 1. The number of rotatable bonds is 6. The standard InChI is InChI=1S/C18H22N2O2/c1-14(2)17-9-8-16(12-19-17)18(22)20(10-11-21)13-15-6-4-3-5-7-15/h3-9,12,14,21H,10-11,13H2,1-2H3. The maximum atomic E-state index is 12.6. The fourth-order valence-electron chi connectivity index (χ4n) is 2.23. The molecule has 1 N–H and O–H groups in total. The highest BCUT2D eigenvalue weighted by molar-refractivity contribution is 5.93. The molecule has 0 radical (unpaired) electrons. The van der Waals surface area contributed by atoms with Crippen LogP contribution >= 0.6 is 0 Å². The molecule has 1 heterocycles. The fourth-order valence-corrected chi connectivity index (χ4v) is 2.23. The number of nitrogens with zero attached hydrogens (tertiary/aromatic N) is 2. The van der Waals surface area contributed by atoms with E-state index < -0.39 is 0 Å². The van der Waals surface area contributed by atoms with E-state index in [1.807, 2.05) is 36.4 Å². The third kappa shape index (κ3) is 4.15. The molecule has 0 spiro atoms.